The molecule has 0 N–H and O–H groups in total. The third-order valence-electron chi connectivity index (χ3n) is 10.1. The third-order valence-corrected chi connectivity index (χ3v) is 10.1. The van der Waals surface area contributed by atoms with E-state index < -0.39 is 0 Å². The topological polar surface area (TPSA) is 51.8 Å². The summed E-state index contributed by atoms with van der Waals surface area (Å²) < 4.78 is 6.33. The predicted octanol–water partition coefficient (Wildman–Crippen LogP) is 11.4. The summed E-state index contributed by atoms with van der Waals surface area (Å²) in [5.41, 5.74) is 9.50. The first-order chi connectivity index (χ1) is 23.5. The Morgan fingerprint density at radius 1 is 0.438 bits per heavy atom. The summed E-state index contributed by atoms with van der Waals surface area (Å²) in [7, 11) is 0. The van der Waals surface area contributed by atoms with Gasteiger partial charge >= 0.3 is 0 Å². The summed E-state index contributed by atoms with van der Waals surface area (Å²) in [5.74, 6) is 1.94. The van der Waals surface area contributed by atoms with Crippen molar-refractivity contribution in [3.05, 3.63) is 151 Å². The average Bonchev–Trinajstić information content (AvgIpc) is 3.60. The minimum Gasteiger partial charge on any atom is -0.456 e. The van der Waals surface area contributed by atoms with Gasteiger partial charge in [-0.15, -0.1) is 0 Å². The quantitative estimate of drug-likeness (QED) is 0.198. The van der Waals surface area contributed by atoms with Crippen molar-refractivity contribution >= 4 is 43.5 Å². The zero-order chi connectivity index (χ0) is 32.0. The molecular formula is C44H29N3O. The summed E-state index contributed by atoms with van der Waals surface area (Å²) in [6, 6.07) is 49.0. The zero-order valence-corrected chi connectivity index (χ0v) is 26.5. The highest BCUT2D eigenvalue weighted by atomic mass is 16.3. The van der Waals surface area contributed by atoms with Crippen LogP contribution in [0.25, 0.3) is 88.8 Å². The Morgan fingerprint density at radius 2 is 1.02 bits per heavy atom. The summed E-state index contributed by atoms with van der Waals surface area (Å²) >= 11 is 0. The van der Waals surface area contributed by atoms with Crippen LogP contribution >= 0.6 is 0 Å². The van der Waals surface area contributed by atoms with Crippen molar-refractivity contribution in [3.63, 3.8) is 0 Å². The van der Waals surface area contributed by atoms with Gasteiger partial charge in [0.1, 0.15) is 11.2 Å². The van der Waals surface area contributed by atoms with Gasteiger partial charge in [-0.3, -0.25) is 0 Å². The molecule has 48 heavy (non-hydrogen) atoms. The summed E-state index contributed by atoms with van der Waals surface area (Å²) in [5, 5.41) is 6.79. The molecule has 0 atom stereocenters. The van der Waals surface area contributed by atoms with Crippen molar-refractivity contribution in [2.75, 3.05) is 0 Å². The van der Waals surface area contributed by atoms with E-state index in [0.29, 0.717) is 17.5 Å². The SMILES string of the molecule is CC1(C)c2ccccc2-c2c(-c3nc(-c4ccc5ccccc5c4)nc(-c4ccc5oc6cc7ccccc7cc6c5c4)n3)cccc21. The van der Waals surface area contributed by atoms with Gasteiger partial charge in [0, 0.05) is 32.9 Å². The van der Waals surface area contributed by atoms with Gasteiger partial charge in [0.15, 0.2) is 17.5 Å². The molecule has 0 aliphatic heterocycles. The Morgan fingerprint density at radius 3 is 1.83 bits per heavy atom. The molecule has 0 radical (unpaired) electrons. The Labute approximate surface area is 277 Å². The van der Waals surface area contributed by atoms with Gasteiger partial charge in [-0.1, -0.05) is 117 Å². The molecule has 0 spiro atoms. The van der Waals surface area contributed by atoms with Crippen LogP contribution in [0.2, 0.25) is 0 Å². The van der Waals surface area contributed by atoms with Gasteiger partial charge in [-0.25, -0.2) is 15.0 Å². The second-order valence-electron chi connectivity index (χ2n) is 13.3. The number of benzene rings is 7. The minimum absolute atomic E-state index is 0.128. The molecule has 4 nitrogen and oxygen atoms in total. The fraction of sp³-hybridized carbons (Fsp3) is 0.0682. The predicted molar refractivity (Wildman–Crippen MR) is 196 cm³/mol. The van der Waals surface area contributed by atoms with Crippen molar-refractivity contribution in [3.8, 4) is 45.3 Å². The molecule has 0 fully saturated rings. The van der Waals surface area contributed by atoms with Crippen LogP contribution in [0.5, 0.6) is 0 Å². The highest BCUT2D eigenvalue weighted by Crippen LogP contribution is 2.51. The van der Waals surface area contributed by atoms with E-state index in [2.05, 4.69) is 147 Å². The van der Waals surface area contributed by atoms with Crippen molar-refractivity contribution in [2.24, 2.45) is 0 Å². The number of nitrogens with zero attached hydrogens (tertiary/aromatic N) is 3. The standard InChI is InChI=1S/C44H29N3O/c1-44(2)36-16-8-7-14-32(36)40-33(15-9-17-37(40)44)43-46-41(30-19-18-26-10-3-4-11-27(26)22-30)45-42(47-43)31-20-21-38-34(24-31)35-23-28-12-5-6-13-29(28)25-39(35)48-38/h3-25H,1-2H3. The maximum absolute atomic E-state index is 6.33. The summed E-state index contributed by atoms with van der Waals surface area (Å²) in [6.45, 7) is 4.60. The highest BCUT2D eigenvalue weighted by Gasteiger charge is 2.37. The van der Waals surface area contributed by atoms with Crippen LogP contribution < -0.4 is 0 Å². The lowest BCUT2D eigenvalue weighted by Gasteiger charge is -2.21. The van der Waals surface area contributed by atoms with Crippen molar-refractivity contribution in [1.82, 2.24) is 15.0 Å². The van der Waals surface area contributed by atoms with E-state index in [0.717, 1.165) is 49.4 Å². The van der Waals surface area contributed by atoms with Gasteiger partial charge in [0.25, 0.3) is 0 Å². The third kappa shape index (κ3) is 3.99. The van der Waals surface area contributed by atoms with Gasteiger partial charge in [-0.05, 0) is 80.2 Å². The first-order valence-corrected chi connectivity index (χ1v) is 16.4. The van der Waals surface area contributed by atoms with E-state index >= 15 is 0 Å². The Hall–Kier alpha value is -6.13. The van der Waals surface area contributed by atoms with Crippen LogP contribution in [-0.4, -0.2) is 15.0 Å². The first-order valence-electron chi connectivity index (χ1n) is 16.4. The Kier molecular flexibility index (Phi) is 5.59. The van der Waals surface area contributed by atoms with Gasteiger partial charge in [0.2, 0.25) is 0 Å². The normalized spacial score (nSPS) is 13.4. The first kappa shape index (κ1) is 27.0. The summed E-state index contributed by atoms with van der Waals surface area (Å²) in [4.78, 5) is 15.6. The zero-order valence-electron chi connectivity index (χ0n) is 26.5. The van der Waals surface area contributed by atoms with Gasteiger partial charge < -0.3 is 4.42 Å². The molecule has 0 amide bonds. The van der Waals surface area contributed by atoms with E-state index in [1.165, 1.54) is 33.0 Å². The second-order valence-corrected chi connectivity index (χ2v) is 13.3. The number of furan rings is 1. The number of hydrogen-bond donors (Lipinski definition) is 0. The molecule has 10 rings (SSSR count). The number of hydrogen-bond acceptors (Lipinski definition) is 4. The lowest BCUT2D eigenvalue weighted by molar-refractivity contribution is 0.660. The maximum Gasteiger partial charge on any atom is 0.164 e. The molecule has 0 unspecified atom stereocenters. The molecule has 7 aromatic carbocycles. The molecule has 9 aromatic rings. The van der Waals surface area contributed by atoms with E-state index in [1.807, 2.05) is 6.07 Å². The van der Waals surface area contributed by atoms with E-state index in [4.69, 9.17) is 19.4 Å². The van der Waals surface area contributed by atoms with Crippen molar-refractivity contribution in [2.45, 2.75) is 19.3 Å². The Balaban J connectivity index is 1.22. The van der Waals surface area contributed by atoms with Gasteiger partial charge in [-0.2, -0.15) is 0 Å². The molecule has 0 saturated carbocycles. The molecule has 2 heterocycles. The largest absolute Gasteiger partial charge is 0.456 e. The van der Waals surface area contributed by atoms with E-state index in [-0.39, 0.29) is 5.41 Å². The van der Waals surface area contributed by atoms with Crippen LogP contribution in [0.3, 0.4) is 0 Å². The average molecular weight is 616 g/mol. The second kappa shape index (κ2) is 9.93. The lowest BCUT2D eigenvalue weighted by atomic mass is 9.82. The lowest BCUT2D eigenvalue weighted by Crippen LogP contribution is -2.14. The molecule has 226 valence electrons. The van der Waals surface area contributed by atoms with Crippen molar-refractivity contribution in [1.29, 1.82) is 0 Å². The molecule has 1 aliphatic carbocycles. The van der Waals surface area contributed by atoms with E-state index in [9.17, 15) is 0 Å². The molecule has 2 aromatic heterocycles. The van der Waals surface area contributed by atoms with Crippen LogP contribution in [0.1, 0.15) is 25.0 Å². The smallest absolute Gasteiger partial charge is 0.164 e. The van der Waals surface area contributed by atoms with Crippen LogP contribution in [0.15, 0.2) is 144 Å². The fourth-order valence-electron chi connectivity index (χ4n) is 7.63. The maximum atomic E-state index is 6.33. The van der Waals surface area contributed by atoms with E-state index in [1.54, 1.807) is 0 Å². The minimum atomic E-state index is -0.128. The molecule has 4 heteroatoms. The monoisotopic (exact) mass is 615 g/mol. The Bertz CT molecular complexity index is 2770. The van der Waals surface area contributed by atoms with Crippen LogP contribution in [0.4, 0.5) is 0 Å². The number of rotatable bonds is 3. The molecular weight excluding hydrogens is 587 g/mol. The number of aromatic nitrogens is 3. The van der Waals surface area contributed by atoms with Crippen LogP contribution in [-0.2, 0) is 5.41 Å². The fourth-order valence-corrected chi connectivity index (χ4v) is 7.63. The van der Waals surface area contributed by atoms with Gasteiger partial charge in [0.05, 0.1) is 0 Å². The molecule has 0 bridgehead atoms. The molecule has 0 saturated heterocycles. The number of fused-ring (bicyclic) bond motifs is 8. The molecule has 1 aliphatic rings. The van der Waals surface area contributed by atoms with Crippen molar-refractivity contribution < 1.29 is 4.42 Å². The van der Waals surface area contributed by atoms with Crippen LogP contribution in [0, 0.1) is 0 Å². The summed E-state index contributed by atoms with van der Waals surface area (Å²) in [6.07, 6.45) is 0. The highest BCUT2D eigenvalue weighted by molar-refractivity contribution is 6.11.